The Morgan fingerprint density at radius 3 is 1.84 bits per heavy atom. The van der Waals surface area contributed by atoms with Crippen LogP contribution < -0.4 is 4.74 Å². The number of fused-ring (bicyclic) bond motifs is 2. The predicted molar refractivity (Wildman–Crippen MR) is 126 cm³/mol. The highest BCUT2D eigenvalue weighted by molar-refractivity contribution is 6.62. The van der Waals surface area contributed by atoms with Crippen molar-refractivity contribution in [2.24, 2.45) is 0 Å². The number of nitrogens with zero attached hydrogens (tertiary/aromatic N) is 2. The summed E-state index contributed by atoms with van der Waals surface area (Å²) in [5.74, 6) is 0.525. The molecule has 0 saturated heterocycles. The highest BCUT2D eigenvalue weighted by atomic mass is 35.5. The molecule has 0 radical (unpaired) electrons. The second-order valence-corrected chi connectivity index (χ2v) is 6.33. The molecule has 2 aromatic carbocycles. The molecular weight excluding hydrogens is 416 g/mol. The van der Waals surface area contributed by atoms with E-state index in [4.69, 9.17) is 9.84 Å². The average Bonchev–Trinajstić information content (AvgIpc) is 2.67. The highest BCUT2D eigenvalue weighted by Gasteiger charge is 1.99. The molecule has 2 aromatic heterocycles. The van der Waals surface area contributed by atoms with Crippen molar-refractivity contribution in [2.75, 3.05) is 0 Å². The van der Waals surface area contributed by atoms with Crippen molar-refractivity contribution >= 4 is 44.6 Å². The van der Waals surface area contributed by atoms with Crippen LogP contribution in [0.15, 0.2) is 73.1 Å². The summed E-state index contributed by atoms with van der Waals surface area (Å²) in [5, 5.41) is 10.7. The minimum absolute atomic E-state index is 0. The van der Waals surface area contributed by atoms with Gasteiger partial charge in [0.15, 0.2) is 0 Å². The summed E-state index contributed by atoms with van der Waals surface area (Å²) in [7, 11) is 0. The Morgan fingerprint density at radius 1 is 0.839 bits per heavy atom. The van der Waals surface area contributed by atoms with Crippen LogP contribution in [-0.2, 0) is 9.59 Å². The summed E-state index contributed by atoms with van der Waals surface area (Å²) < 4.78 is 4.96. The van der Waals surface area contributed by atoms with Gasteiger partial charge in [-0.2, -0.15) is 0 Å². The van der Waals surface area contributed by atoms with Gasteiger partial charge in [-0.25, -0.2) is 0 Å². The van der Waals surface area contributed by atoms with E-state index in [0.29, 0.717) is 5.75 Å². The molecular formula is C24H27ClN2O4. The standard InChI is InChI=1S/C11H9NO2.C9H7NO.C2H3ClO.2CH4/c1-8(13)14-10-4-5-11-9(7-10)3-2-6-12-11;11-8-3-4-9-7(6-8)2-1-5-10-9;1-2(3)4;;/h2-7H,1H3;1-6,11H;1H3;2*1H4. The Labute approximate surface area is 187 Å². The molecule has 0 atom stereocenters. The van der Waals surface area contributed by atoms with E-state index in [9.17, 15) is 9.59 Å². The summed E-state index contributed by atoms with van der Waals surface area (Å²) in [6, 6.07) is 18.0. The molecule has 164 valence electrons. The first kappa shape index (κ1) is 27.5. The second kappa shape index (κ2) is 13.7. The Kier molecular flexibility index (Phi) is 12.1. The van der Waals surface area contributed by atoms with E-state index in [2.05, 4.69) is 21.6 Å². The van der Waals surface area contributed by atoms with Crippen molar-refractivity contribution in [3.8, 4) is 11.5 Å². The molecule has 0 aliphatic carbocycles. The summed E-state index contributed by atoms with van der Waals surface area (Å²) in [6.07, 6.45) is 3.47. The van der Waals surface area contributed by atoms with Crippen LogP contribution in [-0.4, -0.2) is 26.3 Å². The minimum Gasteiger partial charge on any atom is -0.508 e. The molecule has 1 N–H and O–H groups in total. The zero-order chi connectivity index (χ0) is 21.2. The third kappa shape index (κ3) is 9.69. The lowest BCUT2D eigenvalue weighted by molar-refractivity contribution is -0.131. The number of benzene rings is 2. The van der Waals surface area contributed by atoms with Crippen molar-refractivity contribution in [1.82, 2.24) is 9.97 Å². The van der Waals surface area contributed by atoms with Gasteiger partial charge in [0, 0.05) is 37.0 Å². The molecule has 0 aliphatic heterocycles. The van der Waals surface area contributed by atoms with Crippen LogP contribution in [0.1, 0.15) is 28.7 Å². The molecule has 0 spiro atoms. The Balaban J connectivity index is 0.000000478. The summed E-state index contributed by atoms with van der Waals surface area (Å²) >= 11 is 4.64. The predicted octanol–water partition coefficient (Wildman–Crippen LogP) is 6.14. The number of aromatic hydroxyl groups is 1. The maximum atomic E-state index is 10.7. The zero-order valence-electron chi connectivity index (χ0n) is 15.9. The largest absolute Gasteiger partial charge is 0.508 e. The van der Waals surface area contributed by atoms with Gasteiger partial charge in [0.05, 0.1) is 11.0 Å². The lowest BCUT2D eigenvalue weighted by atomic mass is 10.2. The maximum absolute atomic E-state index is 10.7. The fourth-order valence-corrected chi connectivity index (χ4v) is 2.35. The van der Waals surface area contributed by atoms with Crippen LogP contribution in [0.5, 0.6) is 11.5 Å². The van der Waals surface area contributed by atoms with E-state index in [1.54, 1.807) is 42.7 Å². The van der Waals surface area contributed by atoms with Gasteiger partial charge in [-0.05, 0) is 60.1 Å². The summed E-state index contributed by atoms with van der Waals surface area (Å²) in [5.41, 5.74) is 1.80. The molecule has 7 heteroatoms. The topological polar surface area (TPSA) is 89.4 Å². The van der Waals surface area contributed by atoms with Gasteiger partial charge in [0.2, 0.25) is 5.24 Å². The Morgan fingerprint density at radius 2 is 1.32 bits per heavy atom. The average molecular weight is 443 g/mol. The number of phenols is 1. The van der Waals surface area contributed by atoms with Crippen molar-refractivity contribution in [3.05, 3.63) is 73.1 Å². The van der Waals surface area contributed by atoms with Crippen LogP contribution in [0.2, 0.25) is 0 Å². The Bertz CT molecular complexity index is 1130. The molecule has 0 aliphatic rings. The fraction of sp³-hybridized carbons (Fsp3) is 0.167. The second-order valence-electron chi connectivity index (χ2n) is 5.80. The first-order chi connectivity index (χ1) is 13.8. The summed E-state index contributed by atoms with van der Waals surface area (Å²) in [4.78, 5) is 28.2. The van der Waals surface area contributed by atoms with Crippen LogP contribution in [0.4, 0.5) is 0 Å². The molecule has 0 amide bonds. The highest BCUT2D eigenvalue weighted by Crippen LogP contribution is 2.19. The van der Waals surface area contributed by atoms with Crippen LogP contribution >= 0.6 is 11.6 Å². The molecule has 4 rings (SSSR count). The van der Waals surface area contributed by atoms with Crippen LogP contribution in [0.25, 0.3) is 21.8 Å². The first-order valence-corrected chi connectivity index (χ1v) is 8.96. The minimum atomic E-state index is -0.361. The van der Waals surface area contributed by atoms with Gasteiger partial charge in [-0.1, -0.05) is 27.0 Å². The molecule has 0 saturated carbocycles. The molecule has 2 heterocycles. The van der Waals surface area contributed by atoms with Crippen molar-refractivity contribution in [2.45, 2.75) is 28.7 Å². The molecule has 0 unspecified atom stereocenters. The zero-order valence-corrected chi connectivity index (χ0v) is 16.6. The number of pyridine rings is 2. The monoisotopic (exact) mass is 442 g/mol. The lowest BCUT2D eigenvalue weighted by Crippen LogP contribution is -2.00. The molecule has 6 nitrogen and oxygen atoms in total. The number of hydrogen-bond donors (Lipinski definition) is 1. The Hall–Kier alpha value is -3.51. The van der Waals surface area contributed by atoms with E-state index in [0.717, 1.165) is 21.8 Å². The van der Waals surface area contributed by atoms with E-state index in [-0.39, 0.29) is 31.8 Å². The summed E-state index contributed by atoms with van der Waals surface area (Å²) in [6.45, 7) is 2.68. The van der Waals surface area contributed by atoms with Gasteiger partial charge in [-0.15, -0.1) is 0 Å². The van der Waals surface area contributed by atoms with Crippen LogP contribution in [0.3, 0.4) is 0 Å². The number of aromatic nitrogens is 2. The van der Waals surface area contributed by atoms with Gasteiger partial charge < -0.3 is 9.84 Å². The van der Waals surface area contributed by atoms with E-state index in [1.807, 2.05) is 30.3 Å². The number of carbonyl (C=O) groups is 2. The number of rotatable bonds is 1. The van der Waals surface area contributed by atoms with E-state index < -0.39 is 0 Å². The SMILES string of the molecule is C.C.CC(=O)Cl.CC(=O)Oc1ccc2ncccc2c1.Oc1ccc2ncccc2c1. The molecule has 4 aromatic rings. The number of hydrogen-bond acceptors (Lipinski definition) is 6. The molecule has 0 fully saturated rings. The van der Waals surface area contributed by atoms with Crippen molar-refractivity contribution < 1.29 is 19.4 Å². The van der Waals surface area contributed by atoms with Crippen LogP contribution in [0, 0.1) is 0 Å². The first-order valence-electron chi connectivity index (χ1n) is 8.58. The third-order valence-corrected chi connectivity index (χ3v) is 3.42. The third-order valence-electron chi connectivity index (χ3n) is 3.42. The van der Waals surface area contributed by atoms with E-state index in [1.165, 1.54) is 13.8 Å². The maximum Gasteiger partial charge on any atom is 0.308 e. The quantitative estimate of drug-likeness (QED) is 0.216. The normalized spacial score (nSPS) is 9.00. The lowest BCUT2D eigenvalue weighted by Gasteiger charge is -2.01. The number of carbonyl (C=O) groups excluding carboxylic acids is 2. The number of ether oxygens (including phenoxy) is 1. The number of phenolic OH excluding ortho intramolecular Hbond substituents is 1. The number of esters is 1. The van der Waals surface area contributed by atoms with E-state index >= 15 is 0 Å². The molecule has 31 heavy (non-hydrogen) atoms. The van der Waals surface area contributed by atoms with Gasteiger partial charge >= 0.3 is 5.97 Å². The van der Waals surface area contributed by atoms with Gasteiger partial charge in [0.25, 0.3) is 0 Å². The smallest absolute Gasteiger partial charge is 0.308 e. The van der Waals surface area contributed by atoms with Gasteiger partial charge in [-0.3, -0.25) is 19.6 Å². The molecule has 0 bridgehead atoms. The fourth-order valence-electron chi connectivity index (χ4n) is 2.35. The van der Waals surface area contributed by atoms with Crippen molar-refractivity contribution in [1.29, 1.82) is 0 Å². The van der Waals surface area contributed by atoms with Gasteiger partial charge in [0.1, 0.15) is 11.5 Å². The van der Waals surface area contributed by atoms with Crippen molar-refractivity contribution in [3.63, 3.8) is 0 Å². The number of halogens is 1.